The summed E-state index contributed by atoms with van der Waals surface area (Å²) in [5, 5.41) is 3.24. The van der Waals surface area contributed by atoms with Gasteiger partial charge in [0.25, 0.3) is 0 Å². The number of carbonyl (C=O) groups excluding carboxylic acids is 1. The lowest BCUT2D eigenvalue weighted by Gasteiger charge is -2.20. The van der Waals surface area contributed by atoms with Crippen LogP contribution < -0.4 is 5.32 Å². The summed E-state index contributed by atoms with van der Waals surface area (Å²) in [6.45, 7) is 4.95. The van der Waals surface area contributed by atoms with Gasteiger partial charge in [0.05, 0.1) is 12.5 Å². The first kappa shape index (κ1) is 11.5. The Morgan fingerprint density at radius 3 is 2.79 bits per heavy atom. The van der Waals surface area contributed by atoms with Gasteiger partial charge in [-0.1, -0.05) is 0 Å². The lowest BCUT2D eigenvalue weighted by molar-refractivity contribution is -0.148. The lowest BCUT2D eigenvalue weighted by Crippen LogP contribution is -2.32. The van der Waals surface area contributed by atoms with Crippen LogP contribution in [-0.2, 0) is 9.53 Å². The molecule has 1 aliphatic rings. The first-order valence-corrected chi connectivity index (χ1v) is 5.17. The number of hydrogen-bond donors (Lipinski definition) is 1. The molecule has 0 aliphatic carbocycles. The van der Waals surface area contributed by atoms with Crippen molar-refractivity contribution in [2.24, 2.45) is 11.8 Å². The van der Waals surface area contributed by atoms with Crippen LogP contribution >= 0.6 is 0 Å². The highest BCUT2D eigenvalue weighted by Gasteiger charge is 2.33. The molecule has 1 aliphatic heterocycles. The topological polar surface area (TPSA) is 41.6 Å². The molecule has 4 heteroatoms. The summed E-state index contributed by atoms with van der Waals surface area (Å²) in [5.74, 6) is 0.380. The summed E-state index contributed by atoms with van der Waals surface area (Å²) in [6.07, 6.45) is 0. The van der Waals surface area contributed by atoms with Crippen molar-refractivity contribution in [3.63, 3.8) is 0 Å². The van der Waals surface area contributed by atoms with Gasteiger partial charge < -0.3 is 15.0 Å². The number of hydrogen-bond acceptors (Lipinski definition) is 4. The highest BCUT2D eigenvalue weighted by molar-refractivity contribution is 5.73. The zero-order valence-electron chi connectivity index (χ0n) is 9.25. The number of nitrogens with zero attached hydrogens (tertiary/aromatic N) is 1. The van der Waals surface area contributed by atoms with E-state index in [9.17, 15) is 4.79 Å². The molecule has 0 aromatic carbocycles. The maximum atomic E-state index is 11.6. The molecule has 0 amide bonds. The molecule has 1 saturated heterocycles. The summed E-state index contributed by atoms with van der Waals surface area (Å²) < 4.78 is 5.04. The molecule has 0 radical (unpaired) electrons. The maximum Gasteiger partial charge on any atom is 0.310 e. The van der Waals surface area contributed by atoms with Crippen molar-refractivity contribution in [1.29, 1.82) is 0 Å². The molecule has 0 bridgehead atoms. The third-order valence-electron chi connectivity index (χ3n) is 2.53. The Morgan fingerprint density at radius 2 is 2.21 bits per heavy atom. The van der Waals surface area contributed by atoms with Crippen molar-refractivity contribution in [1.82, 2.24) is 10.2 Å². The molecule has 1 N–H and O–H groups in total. The van der Waals surface area contributed by atoms with Crippen LogP contribution in [0.15, 0.2) is 0 Å². The van der Waals surface area contributed by atoms with Crippen LogP contribution in [-0.4, -0.2) is 51.2 Å². The largest absolute Gasteiger partial charge is 0.466 e. The summed E-state index contributed by atoms with van der Waals surface area (Å²) in [4.78, 5) is 13.7. The molecule has 0 spiro atoms. The van der Waals surface area contributed by atoms with E-state index in [0.717, 1.165) is 19.6 Å². The standard InChI is InChI=1S/C10H20N2O2/c1-4-14-10(13)9-6-11-5-8(9)7-12(2)3/h8-9,11H,4-7H2,1-3H3. The van der Waals surface area contributed by atoms with Crippen LogP contribution in [0.25, 0.3) is 0 Å². The fourth-order valence-electron chi connectivity index (χ4n) is 1.92. The first-order valence-electron chi connectivity index (χ1n) is 5.17. The third kappa shape index (κ3) is 2.96. The maximum absolute atomic E-state index is 11.6. The molecule has 0 aromatic heterocycles. The highest BCUT2D eigenvalue weighted by Crippen LogP contribution is 2.18. The zero-order chi connectivity index (χ0) is 10.6. The monoisotopic (exact) mass is 200 g/mol. The smallest absolute Gasteiger partial charge is 0.310 e. The van der Waals surface area contributed by atoms with Gasteiger partial charge in [-0.25, -0.2) is 0 Å². The highest BCUT2D eigenvalue weighted by atomic mass is 16.5. The van der Waals surface area contributed by atoms with Gasteiger partial charge in [-0.3, -0.25) is 4.79 Å². The normalized spacial score (nSPS) is 26.9. The van der Waals surface area contributed by atoms with Crippen molar-refractivity contribution >= 4 is 5.97 Å². The predicted octanol–water partition coefficient (Wildman–Crippen LogP) is -0.0533. The Morgan fingerprint density at radius 1 is 1.50 bits per heavy atom. The first-order chi connectivity index (χ1) is 6.65. The SMILES string of the molecule is CCOC(=O)C1CNCC1CN(C)C. The molecule has 0 saturated carbocycles. The molecular weight excluding hydrogens is 180 g/mol. The number of esters is 1. The van der Waals surface area contributed by atoms with Gasteiger partial charge in [-0.2, -0.15) is 0 Å². The second-order valence-corrected chi connectivity index (χ2v) is 4.04. The molecule has 2 atom stereocenters. The fraction of sp³-hybridized carbons (Fsp3) is 0.900. The van der Waals surface area contributed by atoms with Crippen LogP contribution in [0.5, 0.6) is 0 Å². The van der Waals surface area contributed by atoms with Gasteiger partial charge in [0.15, 0.2) is 0 Å². The quantitative estimate of drug-likeness (QED) is 0.646. The molecule has 82 valence electrons. The van der Waals surface area contributed by atoms with E-state index >= 15 is 0 Å². The zero-order valence-corrected chi connectivity index (χ0v) is 9.25. The summed E-state index contributed by atoms with van der Waals surface area (Å²) >= 11 is 0. The van der Waals surface area contributed by atoms with E-state index in [1.807, 2.05) is 21.0 Å². The van der Waals surface area contributed by atoms with Gasteiger partial charge in [0, 0.05) is 19.6 Å². The molecule has 4 nitrogen and oxygen atoms in total. The minimum absolute atomic E-state index is 0.0392. The Labute approximate surface area is 85.6 Å². The van der Waals surface area contributed by atoms with Gasteiger partial charge >= 0.3 is 5.97 Å². The average molecular weight is 200 g/mol. The number of nitrogens with one attached hydrogen (secondary N) is 1. The van der Waals surface area contributed by atoms with Gasteiger partial charge in [-0.15, -0.1) is 0 Å². The van der Waals surface area contributed by atoms with Crippen LogP contribution in [0.1, 0.15) is 6.92 Å². The van der Waals surface area contributed by atoms with Crippen molar-refractivity contribution in [2.75, 3.05) is 40.3 Å². The summed E-state index contributed by atoms with van der Waals surface area (Å²) in [7, 11) is 4.06. The van der Waals surface area contributed by atoms with Crippen LogP contribution in [0.2, 0.25) is 0 Å². The summed E-state index contributed by atoms with van der Waals surface area (Å²) in [6, 6.07) is 0. The second-order valence-electron chi connectivity index (χ2n) is 4.04. The van der Waals surface area contributed by atoms with Crippen molar-refractivity contribution in [3.05, 3.63) is 0 Å². The summed E-state index contributed by atoms with van der Waals surface area (Å²) in [5.41, 5.74) is 0. The Bertz CT molecular complexity index is 195. The lowest BCUT2D eigenvalue weighted by atomic mass is 9.96. The molecule has 1 rings (SSSR count). The number of ether oxygens (including phenoxy) is 1. The van der Waals surface area contributed by atoms with E-state index in [4.69, 9.17) is 4.74 Å². The number of carbonyl (C=O) groups is 1. The molecule has 0 aromatic rings. The van der Waals surface area contributed by atoms with Crippen molar-refractivity contribution in [3.8, 4) is 0 Å². The second kappa shape index (κ2) is 5.32. The van der Waals surface area contributed by atoms with E-state index in [2.05, 4.69) is 10.2 Å². The minimum Gasteiger partial charge on any atom is -0.466 e. The molecular formula is C10H20N2O2. The van der Waals surface area contributed by atoms with E-state index < -0.39 is 0 Å². The Balaban J connectivity index is 2.46. The van der Waals surface area contributed by atoms with E-state index in [0.29, 0.717) is 12.5 Å². The minimum atomic E-state index is -0.0515. The van der Waals surface area contributed by atoms with E-state index in [-0.39, 0.29) is 11.9 Å². The van der Waals surface area contributed by atoms with Crippen LogP contribution in [0.3, 0.4) is 0 Å². The van der Waals surface area contributed by atoms with Gasteiger partial charge in [-0.05, 0) is 26.9 Å². The molecule has 14 heavy (non-hydrogen) atoms. The van der Waals surface area contributed by atoms with E-state index in [1.54, 1.807) is 0 Å². The predicted molar refractivity (Wildman–Crippen MR) is 55.0 cm³/mol. The van der Waals surface area contributed by atoms with Crippen molar-refractivity contribution < 1.29 is 9.53 Å². The van der Waals surface area contributed by atoms with Crippen LogP contribution in [0.4, 0.5) is 0 Å². The molecule has 2 unspecified atom stereocenters. The number of rotatable bonds is 4. The fourth-order valence-corrected chi connectivity index (χ4v) is 1.92. The molecule has 1 heterocycles. The van der Waals surface area contributed by atoms with Gasteiger partial charge in [0.2, 0.25) is 0 Å². The van der Waals surface area contributed by atoms with Crippen molar-refractivity contribution in [2.45, 2.75) is 6.92 Å². The van der Waals surface area contributed by atoms with Crippen LogP contribution in [0, 0.1) is 11.8 Å². The Hall–Kier alpha value is -0.610. The Kier molecular flexibility index (Phi) is 4.35. The van der Waals surface area contributed by atoms with E-state index in [1.165, 1.54) is 0 Å². The average Bonchev–Trinajstić information content (AvgIpc) is 2.51. The third-order valence-corrected chi connectivity index (χ3v) is 2.53. The van der Waals surface area contributed by atoms with Gasteiger partial charge in [0.1, 0.15) is 0 Å². The molecule has 1 fully saturated rings.